The van der Waals surface area contributed by atoms with Gasteiger partial charge in [0.25, 0.3) is 0 Å². The molecule has 13 nitrogen and oxygen atoms in total. The molecule has 3 aliphatic rings. The molecule has 0 aromatic rings. The second-order valence-electron chi connectivity index (χ2n) is 16.6. The van der Waals surface area contributed by atoms with Crippen LogP contribution in [0.2, 0.25) is 0 Å². The van der Waals surface area contributed by atoms with E-state index in [1.807, 2.05) is 62.6 Å². The lowest BCUT2D eigenvalue weighted by atomic mass is 9.76. The highest BCUT2D eigenvalue weighted by molar-refractivity contribution is 5.96. The van der Waals surface area contributed by atoms with Crippen LogP contribution in [0.1, 0.15) is 94.9 Å². The summed E-state index contributed by atoms with van der Waals surface area (Å²) in [4.78, 5) is 30.3. The Labute approximate surface area is 318 Å². The van der Waals surface area contributed by atoms with Gasteiger partial charge in [-0.1, -0.05) is 20.8 Å². The molecule has 0 saturated carbocycles. The van der Waals surface area contributed by atoms with Gasteiger partial charge in [-0.15, -0.1) is 0 Å². The molecule has 3 rings (SSSR count). The lowest BCUT2D eigenvalue weighted by Gasteiger charge is -2.50. The monoisotopic (exact) mass is 757 g/mol. The van der Waals surface area contributed by atoms with E-state index in [1.165, 1.54) is 6.08 Å². The second-order valence-corrected chi connectivity index (χ2v) is 16.6. The number of nitrogens with zero attached hydrogens (tertiary/aromatic N) is 1. The number of carbonyl (C=O) groups excluding carboxylic acids is 2. The number of methoxy groups -OCH3 is 4. The summed E-state index contributed by atoms with van der Waals surface area (Å²) in [5.41, 5.74) is -3.12. The van der Waals surface area contributed by atoms with Crippen LogP contribution in [0, 0.1) is 17.8 Å². The van der Waals surface area contributed by atoms with E-state index in [0.717, 1.165) is 6.42 Å². The van der Waals surface area contributed by atoms with E-state index in [-0.39, 0.29) is 30.5 Å². The van der Waals surface area contributed by atoms with Crippen molar-refractivity contribution in [1.82, 2.24) is 4.90 Å². The standard InChI is InChI=1S/C40H71NO12/c1-17-29-38(8,44)19-22(2)31(42)23(3)20-39(9,47-15)34(53-37-33(45-13)28(41(11)12)18-24(4)49-37)25(5)32(26(6)36(43)51-29)52-30-21-40(10,48-16)35(46-14)27(7)50-30/h19,23-30,32-35,37,44H,17-18,20-21H2,1-16H3/b22-19+/t23-,24-,25+,26-,27+,28+,29+,30-,32-,33-,34-,35+,37+,38+,39-,40-/m1/s1. The van der Waals surface area contributed by atoms with E-state index in [0.29, 0.717) is 18.4 Å². The predicted molar refractivity (Wildman–Crippen MR) is 199 cm³/mol. The molecule has 13 heteroatoms. The molecule has 0 spiro atoms. The number of hydrogen-bond acceptors (Lipinski definition) is 13. The lowest BCUT2D eigenvalue weighted by Crippen LogP contribution is -2.61. The fraction of sp³-hybridized carbons (Fsp3) is 0.900. The van der Waals surface area contributed by atoms with Gasteiger partial charge in [0.2, 0.25) is 0 Å². The molecule has 1 N–H and O–H groups in total. The first-order valence-corrected chi connectivity index (χ1v) is 19.2. The first-order chi connectivity index (χ1) is 24.6. The van der Waals surface area contributed by atoms with Crippen molar-refractivity contribution >= 4 is 11.8 Å². The van der Waals surface area contributed by atoms with Crippen molar-refractivity contribution in [2.75, 3.05) is 42.5 Å². The van der Waals surface area contributed by atoms with Crippen LogP contribution in [0.5, 0.6) is 0 Å². The lowest BCUT2D eigenvalue weighted by molar-refractivity contribution is -0.322. The maximum Gasteiger partial charge on any atom is 0.311 e. The van der Waals surface area contributed by atoms with Crippen LogP contribution in [0.25, 0.3) is 0 Å². The van der Waals surface area contributed by atoms with E-state index in [2.05, 4.69) is 4.90 Å². The maximum atomic E-state index is 14.3. The number of rotatable bonds is 10. The molecule has 0 bridgehead atoms. The summed E-state index contributed by atoms with van der Waals surface area (Å²) in [6, 6.07) is -0.0121. The van der Waals surface area contributed by atoms with Gasteiger partial charge >= 0.3 is 5.97 Å². The molecule has 0 aromatic carbocycles. The molecule has 0 unspecified atom stereocenters. The minimum absolute atomic E-state index is 0.0121. The minimum Gasteiger partial charge on any atom is -0.459 e. The third-order valence-corrected chi connectivity index (χ3v) is 12.1. The molecule has 0 amide bonds. The van der Waals surface area contributed by atoms with Gasteiger partial charge in [-0.3, -0.25) is 9.59 Å². The largest absolute Gasteiger partial charge is 0.459 e. The summed E-state index contributed by atoms with van der Waals surface area (Å²) in [6.07, 6.45) is -2.52. The SMILES string of the molecule is CC[C@@H]1OC(=O)[C@H](C)[C@H](O[C@@H]2C[C@@](C)(OC)[C@@H](OC)[C@H](C)O2)[C@H](C)[C@@H](O[C@@H]2O[C@H](C)C[C@H](N(C)C)[C@H]2OC)[C@](C)(OC)C[C@@H](C)C(=O)/C(C)=C/[C@]1(C)O. The topological polar surface area (TPSA) is 141 Å². The van der Waals surface area contributed by atoms with Gasteiger partial charge in [-0.2, -0.15) is 0 Å². The second kappa shape index (κ2) is 18.6. The maximum absolute atomic E-state index is 14.3. The Hall–Kier alpha value is -1.52. The van der Waals surface area contributed by atoms with Crippen LogP contribution >= 0.6 is 0 Å². The van der Waals surface area contributed by atoms with Crippen LogP contribution < -0.4 is 0 Å². The van der Waals surface area contributed by atoms with Crippen molar-refractivity contribution in [2.45, 2.75) is 173 Å². The number of likely N-dealkylation sites (N-methyl/N-ethyl adjacent to an activating group) is 1. The summed E-state index contributed by atoms with van der Waals surface area (Å²) in [6.45, 7) is 18.4. The number of aliphatic hydroxyl groups is 1. The van der Waals surface area contributed by atoms with Crippen LogP contribution in [-0.2, 0) is 52.2 Å². The van der Waals surface area contributed by atoms with E-state index in [9.17, 15) is 14.7 Å². The first-order valence-electron chi connectivity index (χ1n) is 19.2. The number of ketones is 1. The smallest absolute Gasteiger partial charge is 0.311 e. The molecule has 0 radical (unpaired) electrons. The third-order valence-electron chi connectivity index (χ3n) is 12.1. The van der Waals surface area contributed by atoms with Crippen LogP contribution in [-0.4, -0.2) is 142 Å². The van der Waals surface area contributed by atoms with Crippen molar-refractivity contribution in [3.05, 3.63) is 11.6 Å². The molecular weight excluding hydrogens is 686 g/mol. The van der Waals surface area contributed by atoms with Crippen LogP contribution in [0.3, 0.4) is 0 Å². The molecule has 53 heavy (non-hydrogen) atoms. The van der Waals surface area contributed by atoms with Gasteiger partial charge in [0.15, 0.2) is 18.4 Å². The number of ether oxygens (including phenoxy) is 9. The summed E-state index contributed by atoms with van der Waals surface area (Å²) < 4.78 is 57.2. The number of hydrogen-bond donors (Lipinski definition) is 1. The molecule has 0 aliphatic carbocycles. The van der Waals surface area contributed by atoms with Gasteiger partial charge in [0, 0.05) is 52.7 Å². The average Bonchev–Trinajstić information content (AvgIpc) is 3.09. The Morgan fingerprint density at radius 1 is 0.868 bits per heavy atom. The highest BCUT2D eigenvalue weighted by Gasteiger charge is 2.53. The molecule has 2 fully saturated rings. The Balaban J connectivity index is 2.24. The first kappa shape index (κ1) is 45.9. The number of carbonyl (C=O) groups is 2. The molecular formula is C40H71NO12. The van der Waals surface area contributed by atoms with Crippen molar-refractivity contribution < 1.29 is 57.3 Å². The molecule has 0 aromatic heterocycles. The molecule has 3 aliphatic heterocycles. The van der Waals surface area contributed by atoms with Gasteiger partial charge in [-0.05, 0) is 93.5 Å². The Morgan fingerprint density at radius 2 is 1.47 bits per heavy atom. The molecule has 308 valence electrons. The molecule has 16 atom stereocenters. The fourth-order valence-corrected chi connectivity index (χ4v) is 8.94. The highest BCUT2D eigenvalue weighted by Crippen LogP contribution is 2.42. The van der Waals surface area contributed by atoms with Gasteiger partial charge < -0.3 is 52.6 Å². The number of esters is 1. The van der Waals surface area contributed by atoms with Gasteiger partial charge in [0.05, 0.1) is 41.5 Å². The summed E-state index contributed by atoms with van der Waals surface area (Å²) in [7, 11) is 10.5. The predicted octanol–water partition coefficient (Wildman–Crippen LogP) is 4.70. The normalized spacial score (nSPS) is 46.4. The van der Waals surface area contributed by atoms with Gasteiger partial charge in [-0.25, -0.2) is 0 Å². The summed E-state index contributed by atoms with van der Waals surface area (Å²) in [5, 5.41) is 11.6. The third kappa shape index (κ3) is 10.3. The fourth-order valence-electron chi connectivity index (χ4n) is 8.94. The van der Waals surface area contributed by atoms with Crippen molar-refractivity contribution in [3.8, 4) is 0 Å². The number of Topliss-reactive ketones (excluding diaryl/α,β-unsaturated/α-hetero) is 1. The molecule has 2 saturated heterocycles. The van der Waals surface area contributed by atoms with E-state index in [4.69, 9.17) is 42.6 Å². The zero-order chi connectivity index (χ0) is 40.2. The van der Waals surface area contributed by atoms with Gasteiger partial charge in [0.1, 0.15) is 23.9 Å². The van der Waals surface area contributed by atoms with Crippen molar-refractivity contribution in [1.29, 1.82) is 0 Å². The summed E-state index contributed by atoms with van der Waals surface area (Å²) >= 11 is 0. The quantitative estimate of drug-likeness (QED) is 0.309. The van der Waals surface area contributed by atoms with Crippen molar-refractivity contribution in [3.63, 3.8) is 0 Å². The Bertz CT molecular complexity index is 1240. The van der Waals surface area contributed by atoms with E-state index >= 15 is 0 Å². The van der Waals surface area contributed by atoms with E-state index < -0.39 is 83.6 Å². The minimum atomic E-state index is -1.61. The zero-order valence-corrected chi connectivity index (χ0v) is 35.3. The highest BCUT2D eigenvalue weighted by atomic mass is 16.7. The van der Waals surface area contributed by atoms with Crippen LogP contribution in [0.4, 0.5) is 0 Å². The Morgan fingerprint density at radius 3 is 2.00 bits per heavy atom. The van der Waals surface area contributed by atoms with Crippen molar-refractivity contribution in [2.24, 2.45) is 17.8 Å². The molecule has 3 heterocycles. The Kier molecular flexibility index (Phi) is 16.1. The number of cyclic esters (lactones) is 1. The number of allylic oxidation sites excluding steroid dienone is 1. The zero-order valence-electron chi connectivity index (χ0n) is 35.3. The average molecular weight is 758 g/mol. The van der Waals surface area contributed by atoms with E-state index in [1.54, 1.807) is 49.2 Å². The summed E-state index contributed by atoms with van der Waals surface area (Å²) in [5.74, 6) is -2.74. The van der Waals surface area contributed by atoms with Crippen LogP contribution in [0.15, 0.2) is 11.6 Å².